The van der Waals surface area contributed by atoms with Gasteiger partial charge in [0, 0.05) is 28.2 Å². The average Bonchev–Trinajstić information content (AvgIpc) is 3.22. The second-order valence-electron chi connectivity index (χ2n) is 13.1. The number of fused-ring (bicyclic) bond motifs is 5. The van der Waals surface area contributed by atoms with E-state index >= 15 is 0 Å². The Morgan fingerprint density at radius 1 is 0.590 bits per heavy atom. The van der Waals surface area contributed by atoms with Crippen molar-refractivity contribution in [1.82, 2.24) is 0 Å². The van der Waals surface area contributed by atoms with Crippen molar-refractivity contribution in [2.75, 3.05) is 11.5 Å². The van der Waals surface area contributed by atoms with Crippen molar-refractivity contribution >= 4 is 48.7 Å². The second-order valence-corrected chi connectivity index (χ2v) is 23.3. The summed E-state index contributed by atoms with van der Waals surface area (Å²) in [4.78, 5) is 0. The van der Waals surface area contributed by atoms with E-state index in [9.17, 15) is 0 Å². The third kappa shape index (κ3) is 4.23. The topological polar surface area (TPSA) is 52.0 Å². The Hall–Kier alpha value is -3.61. The lowest BCUT2D eigenvalue weighted by Gasteiger charge is -2.24. The first-order valence-corrected chi connectivity index (χ1v) is 20.9. The fourth-order valence-corrected chi connectivity index (χ4v) is 8.57. The van der Waals surface area contributed by atoms with Crippen LogP contribution in [0, 0.1) is 0 Å². The molecule has 0 saturated carbocycles. The number of hydrogen-bond acceptors (Lipinski definition) is 2. The number of hydrogen-bond donors (Lipinski definition) is 2. The summed E-state index contributed by atoms with van der Waals surface area (Å²) >= 11 is 0. The van der Waals surface area contributed by atoms with Crippen LogP contribution in [0.4, 0.5) is 11.4 Å². The van der Waals surface area contributed by atoms with Crippen molar-refractivity contribution in [2.24, 2.45) is 0 Å². The van der Waals surface area contributed by atoms with E-state index in [1.165, 1.54) is 49.1 Å². The fourth-order valence-electron chi connectivity index (χ4n) is 6.24. The van der Waals surface area contributed by atoms with E-state index in [0.29, 0.717) is 0 Å². The molecule has 0 radical (unpaired) electrons. The quantitative estimate of drug-likeness (QED) is 0.176. The molecule has 0 aromatic heterocycles. The highest BCUT2D eigenvalue weighted by Gasteiger charge is 2.36. The molecule has 4 N–H and O–H groups in total. The Labute approximate surface area is 234 Å². The Bertz CT molecular complexity index is 1720. The zero-order chi connectivity index (χ0) is 27.7. The molecule has 5 aromatic carbocycles. The summed E-state index contributed by atoms with van der Waals surface area (Å²) < 4.78 is 0. The van der Waals surface area contributed by atoms with Crippen LogP contribution < -0.4 is 21.8 Å². The van der Waals surface area contributed by atoms with Crippen LogP contribution in [0.1, 0.15) is 22.6 Å². The maximum absolute atomic E-state index is 7.12. The molecule has 1 atom stereocenters. The highest BCUT2D eigenvalue weighted by molar-refractivity contribution is 6.89. The SMILES string of the molecule is C[Si](C)(C)c1ccc(-c2c3c(c4ccccc4c2N)-c2ccc(N)cc2C3c2ccc([Si](C)(C)C)cc2)cc1. The molecule has 4 heteroatoms. The van der Waals surface area contributed by atoms with Crippen LogP contribution in [0.3, 0.4) is 0 Å². The van der Waals surface area contributed by atoms with E-state index in [2.05, 4.69) is 124 Å². The van der Waals surface area contributed by atoms with E-state index in [1.54, 1.807) is 0 Å². The van der Waals surface area contributed by atoms with Gasteiger partial charge >= 0.3 is 0 Å². The zero-order valence-electron chi connectivity index (χ0n) is 23.9. The summed E-state index contributed by atoms with van der Waals surface area (Å²) in [5.41, 5.74) is 23.9. The number of nitrogen functional groups attached to an aromatic ring is 2. The van der Waals surface area contributed by atoms with Crippen molar-refractivity contribution in [1.29, 1.82) is 0 Å². The summed E-state index contributed by atoms with van der Waals surface area (Å²) in [6.07, 6.45) is 0. The van der Waals surface area contributed by atoms with Crippen LogP contribution in [-0.4, -0.2) is 16.1 Å². The van der Waals surface area contributed by atoms with Gasteiger partial charge in [-0.15, -0.1) is 0 Å². The summed E-state index contributed by atoms with van der Waals surface area (Å²) in [6, 6.07) is 33.6. The molecule has 6 rings (SSSR count). The zero-order valence-corrected chi connectivity index (χ0v) is 25.9. The molecule has 0 fully saturated rings. The van der Waals surface area contributed by atoms with E-state index in [0.717, 1.165) is 22.3 Å². The minimum Gasteiger partial charge on any atom is -0.399 e. The number of anilines is 2. The third-order valence-electron chi connectivity index (χ3n) is 8.39. The molecule has 0 amide bonds. The van der Waals surface area contributed by atoms with Crippen molar-refractivity contribution in [2.45, 2.75) is 45.2 Å². The number of benzene rings is 5. The largest absolute Gasteiger partial charge is 0.399 e. The molecular weight excluding hydrogens is 505 g/mol. The standard InChI is InChI=1S/C35H38N2Si2/c1-38(2,3)25-16-11-22(12-17-25)31-30-21-24(36)15-20-28(30)33-27-9-7-8-10-29(27)35(37)32(34(31)33)23-13-18-26(19-14-23)39(4,5)6/h7-21,31H,36-37H2,1-6H3. The van der Waals surface area contributed by atoms with Crippen molar-refractivity contribution in [3.05, 3.63) is 108 Å². The minimum absolute atomic E-state index is 0.0627. The van der Waals surface area contributed by atoms with Gasteiger partial charge in [-0.3, -0.25) is 0 Å². The molecule has 196 valence electrons. The number of nitrogens with two attached hydrogens (primary N) is 2. The lowest BCUT2D eigenvalue weighted by molar-refractivity contribution is 1.02. The molecule has 0 spiro atoms. The predicted octanol–water partition coefficient (Wildman–Crippen LogP) is 7.92. The van der Waals surface area contributed by atoms with Gasteiger partial charge in [-0.25, -0.2) is 0 Å². The Morgan fingerprint density at radius 3 is 1.74 bits per heavy atom. The van der Waals surface area contributed by atoms with Crippen LogP contribution >= 0.6 is 0 Å². The molecule has 0 heterocycles. The lowest BCUT2D eigenvalue weighted by atomic mass is 9.82. The summed E-state index contributed by atoms with van der Waals surface area (Å²) in [6.45, 7) is 14.4. The smallest absolute Gasteiger partial charge is 0.0775 e. The summed E-state index contributed by atoms with van der Waals surface area (Å²) in [5.74, 6) is 0.0627. The first-order valence-electron chi connectivity index (χ1n) is 13.9. The van der Waals surface area contributed by atoms with Crippen LogP contribution in [0.15, 0.2) is 91.0 Å². The van der Waals surface area contributed by atoms with E-state index in [1.807, 2.05) is 6.07 Å². The minimum atomic E-state index is -1.42. The van der Waals surface area contributed by atoms with Gasteiger partial charge in [0.2, 0.25) is 0 Å². The Kier molecular flexibility index (Phi) is 5.90. The molecule has 0 bridgehead atoms. The third-order valence-corrected chi connectivity index (χ3v) is 12.5. The van der Waals surface area contributed by atoms with Gasteiger partial charge in [0.1, 0.15) is 0 Å². The molecule has 0 aliphatic heterocycles. The highest BCUT2D eigenvalue weighted by Crippen LogP contribution is 2.56. The van der Waals surface area contributed by atoms with E-state index in [4.69, 9.17) is 11.5 Å². The molecule has 1 unspecified atom stereocenters. The van der Waals surface area contributed by atoms with Crippen molar-refractivity contribution in [3.8, 4) is 22.3 Å². The maximum Gasteiger partial charge on any atom is 0.0775 e. The first-order chi connectivity index (χ1) is 18.4. The van der Waals surface area contributed by atoms with Gasteiger partial charge in [-0.05, 0) is 50.9 Å². The van der Waals surface area contributed by atoms with Gasteiger partial charge in [-0.2, -0.15) is 0 Å². The van der Waals surface area contributed by atoms with Crippen molar-refractivity contribution < 1.29 is 0 Å². The predicted molar refractivity (Wildman–Crippen MR) is 177 cm³/mol. The lowest BCUT2D eigenvalue weighted by Crippen LogP contribution is -2.37. The highest BCUT2D eigenvalue weighted by atomic mass is 28.3. The molecule has 1 aliphatic carbocycles. The molecule has 0 saturated heterocycles. The van der Waals surface area contributed by atoms with Gasteiger partial charge in [0.25, 0.3) is 0 Å². The normalized spacial score (nSPS) is 14.9. The van der Waals surface area contributed by atoms with Gasteiger partial charge < -0.3 is 11.5 Å². The van der Waals surface area contributed by atoms with E-state index < -0.39 is 16.1 Å². The summed E-state index contributed by atoms with van der Waals surface area (Å²) in [7, 11) is -2.84. The summed E-state index contributed by atoms with van der Waals surface area (Å²) in [5, 5.41) is 5.24. The van der Waals surface area contributed by atoms with Gasteiger partial charge in [0.05, 0.1) is 16.1 Å². The maximum atomic E-state index is 7.12. The number of rotatable bonds is 4. The molecule has 5 aromatic rings. The molecule has 1 aliphatic rings. The molecule has 39 heavy (non-hydrogen) atoms. The monoisotopic (exact) mass is 542 g/mol. The van der Waals surface area contributed by atoms with Crippen LogP contribution in [0.25, 0.3) is 33.0 Å². The molecular formula is C35H38N2Si2. The van der Waals surface area contributed by atoms with Crippen molar-refractivity contribution in [3.63, 3.8) is 0 Å². The Balaban J connectivity index is 1.69. The second kappa shape index (κ2) is 8.97. The van der Waals surface area contributed by atoms with E-state index in [-0.39, 0.29) is 5.92 Å². The Morgan fingerprint density at radius 2 is 1.15 bits per heavy atom. The van der Waals surface area contributed by atoms with Crippen LogP contribution in [0.2, 0.25) is 39.3 Å². The molecule has 2 nitrogen and oxygen atoms in total. The first kappa shape index (κ1) is 25.7. The van der Waals surface area contributed by atoms with Gasteiger partial charge in [0.15, 0.2) is 0 Å². The van der Waals surface area contributed by atoms with Crippen LogP contribution in [-0.2, 0) is 0 Å². The van der Waals surface area contributed by atoms with Gasteiger partial charge in [-0.1, -0.05) is 129 Å². The average molecular weight is 543 g/mol. The van der Waals surface area contributed by atoms with Crippen LogP contribution in [0.5, 0.6) is 0 Å². The fraction of sp³-hybridized carbons (Fsp3) is 0.200.